The van der Waals surface area contributed by atoms with Gasteiger partial charge in [-0.3, -0.25) is 4.90 Å². The molecule has 7 heteroatoms. The summed E-state index contributed by atoms with van der Waals surface area (Å²) in [5.74, 6) is 0.789. The van der Waals surface area contributed by atoms with E-state index in [-0.39, 0.29) is 0 Å². The van der Waals surface area contributed by atoms with Gasteiger partial charge in [0.25, 0.3) is 0 Å². The molecule has 0 amide bonds. The molecule has 25 heavy (non-hydrogen) atoms. The van der Waals surface area contributed by atoms with E-state index in [1.54, 1.807) is 6.33 Å². The average molecular weight is 357 g/mol. The van der Waals surface area contributed by atoms with Crippen LogP contribution in [0.3, 0.4) is 0 Å². The molecule has 1 aliphatic rings. The Balaban J connectivity index is 1.62. The number of fused-ring (bicyclic) bond motifs is 1. The van der Waals surface area contributed by atoms with Gasteiger partial charge in [-0.15, -0.1) is 0 Å². The molecule has 6 nitrogen and oxygen atoms in total. The predicted molar refractivity (Wildman–Crippen MR) is 101 cm³/mol. The Labute approximate surface area is 151 Å². The number of hydrogen-bond acceptors (Lipinski definition) is 5. The molecule has 0 atom stereocenters. The molecular weight excluding hydrogens is 336 g/mol. The summed E-state index contributed by atoms with van der Waals surface area (Å²) in [6.07, 6.45) is 5.69. The van der Waals surface area contributed by atoms with E-state index in [1.165, 1.54) is 5.56 Å². The molecule has 0 saturated carbocycles. The number of anilines is 2. The summed E-state index contributed by atoms with van der Waals surface area (Å²) in [5, 5.41) is 5.08. The summed E-state index contributed by atoms with van der Waals surface area (Å²) in [5.41, 5.74) is 8.94. The van der Waals surface area contributed by atoms with Gasteiger partial charge in [0.1, 0.15) is 17.8 Å². The second-order valence-electron chi connectivity index (χ2n) is 6.51. The number of benzene rings is 1. The minimum atomic E-state index is 0.336. The molecule has 4 rings (SSSR count). The van der Waals surface area contributed by atoms with E-state index in [1.807, 2.05) is 30.5 Å². The van der Waals surface area contributed by atoms with Crippen LogP contribution >= 0.6 is 11.6 Å². The van der Waals surface area contributed by atoms with Crippen LogP contribution in [0.2, 0.25) is 5.02 Å². The molecular formula is C18H21ClN6. The van der Waals surface area contributed by atoms with E-state index in [2.05, 4.69) is 25.2 Å². The Morgan fingerprint density at radius 1 is 1.28 bits per heavy atom. The first-order valence-electron chi connectivity index (χ1n) is 8.50. The highest BCUT2D eigenvalue weighted by atomic mass is 35.5. The van der Waals surface area contributed by atoms with Crippen molar-refractivity contribution in [2.75, 3.05) is 18.4 Å². The summed E-state index contributed by atoms with van der Waals surface area (Å²) in [7, 11) is 0. The highest BCUT2D eigenvalue weighted by molar-refractivity contribution is 6.30. The van der Waals surface area contributed by atoms with Gasteiger partial charge in [0.15, 0.2) is 0 Å². The molecule has 130 valence electrons. The second kappa shape index (κ2) is 7.00. The van der Waals surface area contributed by atoms with Crippen LogP contribution in [0.1, 0.15) is 18.4 Å². The van der Waals surface area contributed by atoms with Gasteiger partial charge in [-0.05, 0) is 49.7 Å². The fraction of sp³-hybridized carbons (Fsp3) is 0.333. The van der Waals surface area contributed by atoms with E-state index in [4.69, 9.17) is 17.3 Å². The summed E-state index contributed by atoms with van der Waals surface area (Å²) in [6, 6.07) is 7.96. The minimum Gasteiger partial charge on any atom is -0.346 e. The zero-order chi connectivity index (χ0) is 17.2. The number of H-pyrrole nitrogens is 1. The first kappa shape index (κ1) is 16.3. The lowest BCUT2D eigenvalue weighted by Gasteiger charge is -2.29. The largest absolute Gasteiger partial charge is 0.346 e. The number of rotatable bonds is 4. The first-order chi connectivity index (χ1) is 12.2. The number of nitrogens with one attached hydrogen (secondary N) is 2. The molecule has 1 aromatic carbocycles. The van der Waals surface area contributed by atoms with Crippen molar-refractivity contribution in [2.24, 2.45) is 5.73 Å². The van der Waals surface area contributed by atoms with Crippen molar-refractivity contribution in [3.8, 4) is 0 Å². The topological polar surface area (TPSA) is 82.9 Å². The van der Waals surface area contributed by atoms with Gasteiger partial charge in [0.05, 0.1) is 5.39 Å². The maximum atomic E-state index is 6.08. The van der Waals surface area contributed by atoms with Gasteiger partial charge in [0.2, 0.25) is 0 Å². The number of nitrogens with zero attached hydrogens (tertiary/aromatic N) is 3. The van der Waals surface area contributed by atoms with Crippen LogP contribution in [-0.2, 0) is 6.54 Å². The quantitative estimate of drug-likeness (QED) is 0.668. The Bertz CT molecular complexity index is 869. The van der Waals surface area contributed by atoms with Crippen molar-refractivity contribution in [3.63, 3.8) is 0 Å². The molecule has 3 aromatic rings. The Hall–Kier alpha value is -2.15. The maximum Gasteiger partial charge on any atom is 0.143 e. The van der Waals surface area contributed by atoms with Crippen LogP contribution in [0.4, 0.5) is 11.5 Å². The standard InChI is InChI=1S/C18H21ClN6/c19-13-2-1-3-15(8-13)24-18-16-12(9-21-17(16)22-11-23-18)10-25-6-4-14(20)5-7-25/h1-3,8-9,11,14H,4-7,10,20H2,(H2,21,22,23,24). The lowest BCUT2D eigenvalue weighted by atomic mass is 10.1. The van der Waals surface area contributed by atoms with Crippen molar-refractivity contribution in [1.29, 1.82) is 0 Å². The zero-order valence-corrected chi connectivity index (χ0v) is 14.6. The number of piperidine rings is 1. The normalized spacial score (nSPS) is 16.4. The smallest absolute Gasteiger partial charge is 0.143 e. The molecule has 0 aliphatic carbocycles. The maximum absolute atomic E-state index is 6.08. The van der Waals surface area contributed by atoms with Gasteiger partial charge in [0, 0.05) is 29.5 Å². The highest BCUT2D eigenvalue weighted by Gasteiger charge is 2.19. The van der Waals surface area contributed by atoms with Crippen molar-refractivity contribution >= 4 is 34.1 Å². The van der Waals surface area contributed by atoms with Crippen LogP contribution in [0.5, 0.6) is 0 Å². The van der Waals surface area contributed by atoms with Gasteiger partial charge in [-0.1, -0.05) is 17.7 Å². The third-order valence-electron chi connectivity index (χ3n) is 4.67. The molecule has 0 bridgehead atoms. The lowest BCUT2D eigenvalue weighted by molar-refractivity contribution is 0.206. The van der Waals surface area contributed by atoms with E-state index in [0.717, 1.165) is 55.0 Å². The van der Waals surface area contributed by atoms with E-state index >= 15 is 0 Å². The Morgan fingerprint density at radius 2 is 2.12 bits per heavy atom. The van der Waals surface area contributed by atoms with Gasteiger partial charge in [-0.25, -0.2) is 9.97 Å². The van der Waals surface area contributed by atoms with Crippen molar-refractivity contribution < 1.29 is 0 Å². The highest BCUT2D eigenvalue weighted by Crippen LogP contribution is 2.28. The summed E-state index contributed by atoms with van der Waals surface area (Å²) >= 11 is 6.08. The number of aromatic amines is 1. The second-order valence-corrected chi connectivity index (χ2v) is 6.95. The number of likely N-dealkylation sites (tertiary alicyclic amines) is 1. The van der Waals surface area contributed by atoms with Gasteiger partial charge < -0.3 is 16.0 Å². The molecule has 0 radical (unpaired) electrons. The van der Waals surface area contributed by atoms with Crippen LogP contribution < -0.4 is 11.1 Å². The number of halogens is 1. The monoisotopic (exact) mass is 356 g/mol. The fourth-order valence-corrected chi connectivity index (χ4v) is 3.49. The summed E-state index contributed by atoms with van der Waals surface area (Å²) in [4.78, 5) is 14.5. The van der Waals surface area contributed by atoms with Gasteiger partial charge >= 0.3 is 0 Å². The predicted octanol–water partition coefficient (Wildman–Crippen LogP) is 3.28. The molecule has 0 unspecified atom stereocenters. The molecule has 0 spiro atoms. The molecule has 2 aromatic heterocycles. The Morgan fingerprint density at radius 3 is 2.92 bits per heavy atom. The average Bonchev–Trinajstić information content (AvgIpc) is 3.01. The summed E-state index contributed by atoms with van der Waals surface area (Å²) < 4.78 is 0. The third-order valence-corrected chi connectivity index (χ3v) is 4.90. The summed E-state index contributed by atoms with van der Waals surface area (Å²) in [6.45, 7) is 2.92. The van der Waals surface area contributed by atoms with Crippen molar-refractivity contribution in [1.82, 2.24) is 19.9 Å². The zero-order valence-electron chi connectivity index (χ0n) is 13.9. The van der Waals surface area contributed by atoms with E-state index in [9.17, 15) is 0 Å². The lowest BCUT2D eigenvalue weighted by Crippen LogP contribution is -2.39. The number of hydrogen-bond donors (Lipinski definition) is 3. The molecule has 1 saturated heterocycles. The SMILES string of the molecule is NC1CCN(Cc2c[nH]c3ncnc(Nc4cccc(Cl)c4)c23)CC1. The fourth-order valence-electron chi connectivity index (χ4n) is 3.30. The van der Waals surface area contributed by atoms with Crippen molar-refractivity contribution in [2.45, 2.75) is 25.4 Å². The number of aromatic nitrogens is 3. The Kier molecular flexibility index (Phi) is 4.57. The minimum absolute atomic E-state index is 0.336. The van der Waals surface area contributed by atoms with E-state index in [0.29, 0.717) is 11.1 Å². The first-order valence-corrected chi connectivity index (χ1v) is 8.88. The number of nitrogens with two attached hydrogens (primary N) is 1. The van der Waals surface area contributed by atoms with Crippen LogP contribution in [0.25, 0.3) is 11.0 Å². The van der Waals surface area contributed by atoms with Gasteiger partial charge in [-0.2, -0.15) is 0 Å². The van der Waals surface area contributed by atoms with E-state index < -0.39 is 0 Å². The molecule has 1 fully saturated rings. The molecule has 3 heterocycles. The van der Waals surface area contributed by atoms with Crippen molar-refractivity contribution in [3.05, 3.63) is 47.4 Å². The third kappa shape index (κ3) is 3.61. The molecule has 1 aliphatic heterocycles. The molecule has 4 N–H and O–H groups in total. The van der Waals surface area contributed by atoms with Crippen LogP contribution in [-0.4, -0.2) is 39.0 Å². The van der Waals surface area contributed by atoms with Crippen LogP contribution in [0, 0.1) is 0 Å². The van der Waals surface area contributed by atoms with Crippen LogP contribution in [0.15, 0.2) is 36.8 Å².